The van der Waals surface area contributed by atoms with E-state index in [0.717, 1.165) is 29.2 Å². The van der Waals surface area contributed by atoms with E-state index in [9.17, 15) is 4.39 Å². The summed E-state index contributed by atoms with van der Waals surface area (Å²) >= 11 is 1.66. The molecule has 2 nitrogen and oxygen atoms in total. The van der Waals surface area contributed by atoms with E-state index in [-0.39, 0.29) is 11.9 Å². The minimum absolute atomic E-state index is 0.0731. The van der Waals surface area contributed by atoms with Crippen molar-refractivity contribution in [2.75, 3.05) is 6.54 Å². The Hall–Kier alpha value is -1.39. The van der Waals surface area contributed by atoms with Crippen molar-refractivity contribution in [3.8, 4) is 5.75 Å². The highest BCUT2D eigenvalue weighted by Gasteiger charge is 2.12. The van der Waals surface area contributed by atoms with Crippen LogP contribution in [0.4, 0.5) is 4.39 Å². The van der Waals surface area contributed by atoms with Gasteiger partial charge < -0.3 is 10.1 Å². The number of ether oxygens (including phenoxy) is 1. The number of halogens is 1. The average molecular weight is 293 g/mol. The molecule has 1 unspecified atom stereocenters. The van der Waals surface area contributed by atoms with Crippen LogP contribution >= 0.6 is 11.3 Å². The lowest BCUT2D eigenvalue weighted by molar-refractivity contribution is 0.302. The number of benzene rings is 1. The summed E-state index contributed by atoms with van der Waals surface area (Å²) in [4.78, 5) is 1.16. The molecule has 0 bridgehead atoms. The van der Waals surface area contributed by atoms with E-state index in [1.807, 2.05) is 24.4 Å². The molecule has 1 aromatic heterocycles. The van der Waals surface area contributed by atoms with Gasteiger partial charge in [0.05, 0.1) is 0 Å². The van der Waals surface area contributed by atoms with E-state index >= 15 is 0 Å². The second-order valence-corrected chi connectivity index (χ2v) is 5.76. The first-order valence-corrected chi connectivity index (χ1v) is 7.76. The highest BCUT2D eigenvalue weighted by molar-refractivity contribution is 7.09. The molecule has 0 aliphatic carbocycles. The van der Waals surface area contributed by atoms with Crippen molar-refractivity contribution >= 4 is 11.3 Å². The number of hydrogen-bond acceptors (Lipinski definition) is 3. The van der Waals surface area contributed by atoms with Crippen molar-refractivity contribution in [1.29, 1.82) is 0 Å². The smallest absolute Gasteiger partial charge is 0.124 e. The first kappa shape index (κ1) is 15.0. The van der Waals surface area contributed by atoms with Crippen molar-refractivity contribution in [3.05, 3.63) is 52.0 Å². The second kappa shape index (κ2) is 7.41. The summed E-state index contributed by atoms with van der Waals surface area (Å²) in [7, 11) is 0. The zero-order valence-corrected chi connectivity index (χ0v) is 12.7. The fourth-order valence-corrected chi connectivity index (χ4v) is 2.62. The van der Waals surface area contributed by atoms with Crippen LogP contribution in [0.3, 0.4) is 0 Å². The highest BCUT2D eigenvalue weighted by atomic mass is 32.1. The first-order chi connectivity index (χ1) is 9.70. The zero-order valence-electron chi connectivity index (χ0n) is 11.9. The van der Waals surface area contributed by atoms with E-state index in [2.05, 4.69) is 12.2 Å². The Balaban J connectivity index is 2.10. The molecule has 0 aliphatic rings. The van der Waals surface area contributed by atoms with Crippen molar-refractivity contribution in [1.82, 2.24) is 5.32 Å². The van der Waals surface area contributed by atoms with Crippen LogP contribution in [0.5, 0.6) is 5.75 Å². The molecule has 20 heavy (non-hydrogen) atoms. The van der Waals surface area contributed by atoms with E-state index in [4.69, 9.17) is 4.74 Å². The van der Waals surface area contributed by atoms with Gasteiger partial charge in [0.25, 0.3) is 0 Å². The molecule has 2 rings (SSSR count). The molecule has 1 aromatic carbocycles. The summed E-state index contributed by atoms with van der Waals surface area (Å²) in [6.45, 7) is 5.57. The lowest BCUT2D eigenvalue weighted by Gasteiger charge is -2.18. The molecule has 4 heteroatoms. The Labute approximate surface area is 123 Å². The Morgan fingerprint density at radius 3 is 2.90 bits per heavy atom. The molecule has 0 saturated carbocycles. The predicted octanol–water partition coefficient (Wildman–Crippen LogP) is 4.53. The van der Waals surface area contributed by atoms with Gasteiger partial charge in [0, 0.05) is 16.5 Å². The maximum absolute atomic E-state index is 13.5. The fraction of sp³-hybridized carbons (Fsp3) is 0.375. The lowest BCUT2D eigenvalue weighted by atomic mass is 10.1. The second-order valence-electron chi connectivity index (χ2n) is 4.73. The quantitative estimate of drug-likeness (QED) is 0.810. The predicted molar refractivity (Wildman–Crippen MR) is 81.8 cm³/mol. The molecule has 0 fully saturated rings. The number of nitrogens with one attached hydrogen (secondary N) is 1. The van der Waals surface area contributed by atoms with Crippen molar-refractivity contribution in [2.45, 2.75) is 32.9 Å². The van der Waals surface area contributed by atoms with Crippen LogP contribution in [-0.4, -0.2) is 6.54 Å². The summed E-state index contributed by atoms with van der Waals surface area (Å²) < 4.78 is 19.3. The third-order valence-electron chi connectivity index (χ3n) is 3.09. The van der Waals surface area contributed by atoms with Gasteiger partial charge in [-0.1, -0.05) is 13.0 Å². The maximum Gasteiger partial charge on any atom is 0.124 e. The number of rotatable bonds is 7. The van der Waals surface area contributed by atoms with Crippen LogP contribution in [0, 0.1) is 5.82 Å². The van der Waals surface area contributed by atoms with Crippen LogP contribution in [0.1, 0.15) is 36.8 Å². The molecule has 0 amide bonds. The van der Waals surface area contributed by atoms with Crippen molar-refractivity contribution < 1.29 is 9.13 Å². The van der Waals surface area contributed by atoms with Crippen molar-refractivity contribution in [3.63, 3.8) is 0 Å². The summed E-state index contributed by atoms with van der Waals surface area (Å²) in [6.07, 6.45) is 1.05. The molecule has 108 valence electrons. The molecule has 0 saturated heterocycles. The van der Waals surface area contributed by atoms with Gasteiger partial charge in [-0.15, -0.1) is 11.3 Å². The van der Waals surface area contributed by atoms with Gasteiger partial charge in [-0.3, -0.25) is 0 Å². The highest BCUT2D eigenvalue weighted by Crippen LogP contribution is 2.27. The van der Waals surface area contributed by atoms with Gasteiger partial charge >= 0.3 is 0 Å². The molecular formula is C16H20FNOS. The van der Waals surface area contributed by atoms with E-state index in [1.54, 1.807) is 23.5 Å². The monoisotopic (exact) mass is 293 g/mol. The Morgan fingerprint density at radius 1 is 1.35 bits per heavy atom. The standard InChI is InChI=1S/C16H20FNOS/c1-3-8-18-12(2)15-10-13(17)6-7-16(15)19-11-14-5-4-9-20-14/h4-7,9-10,12,18H,3,8,11H2,1-2H3. The van der Waals surface area contributed by atoms with Crippen LogP contribution in [0.2, 0.25) is 0 Å². The molecule has 0 spiro atoms. The summed E-state index contributed by atoms with van der Waals surface area (Å²) in [5, 5.41) is 5.39. The minimum Gasteiger partial charge on any atom is -0.488 e. The van der Waals surface area contributed by atoms with Gasteiger partial charge in [-0.05, 0) is 49.5 Å². The van der Waals surface area contributed by atoms with Crippen molar-refractivity contribution in [2.24, 2.45) is 0 Å². The Kier molecular flexibility index (Phi) is 5.56. The molecule has 0 aliphatic heterocycles. The SMILES string of the molecule is CCCNC(C)c1cc(F)ccc1OCc1cccs1. The van der Waals surface area contributed by atoms with Crippen LogP contribution in [0.15, 0.2) is 35.7 Å². The largest absolute Gasteiger partial charge is 0.488 e. The number of hydrogen-bond donors (Lipinski definition) is 1. The molecule has 1 atom stereocenters. The Morgan fingerprint density at radius 2 is 2.20 bits per heavy atom. The van der Waals surface area contributed by atoms with Gasteiger partial charge in [0.2, 0.25) is 0 Å². The average Bonchev–Trinajstić information content (AvgIpc) is 2.96. The molecule has 2 aromatic rings. The summed E-state index contributed by atoms with van der Waals surface area (Å²) in [5.41, 5.74) is 0.870. The topological polar surface area (TPSA) is 21.3 Å². The van der Waals surface area contributed by atoms with E-state index in [0.29, 0.717) is 6.61 Å². The van der Waals surface area contributed by atoms with E-state index < -0.39 is 0 Å². The molecular weight excluding hydrogens is 273 g/mol. The third-order valence-corrected chi connectivity index (χ3v) is 3.94. The van der Waals surface area contributed by atoms with Gasteiger partial charge in [0.15, 0.2) is 0 Å². The fourth-order valence-electron chi connectivity index (χ4n) is 2.00. The van der Waals surface area contributed by atoms with Gasteiger partial charge in [-0.2, -0.15) is 0 Å². The maximum atomic E-state index is 13.5. The van der Waals surface area contributed by atoms with Gasteiger partial charge in [0.1, 0.15) is 18.2 Å². The minimum atomic E-state index is -0.228. The van der Waals surface area contributed by atoms with Crippen LogP contribution in [0.25, 0.3) is 0 Å². The van der Waals surface area contributed by atoms with Crippen LogP contribution < -0.4 is 10.1 Å². The Bertz CT molecular complexity index is 527. The molecule has 1 N–H and O–H groups in total. The van der Waals surface area contributed by atoms with Crippen LogP contribution in [-0.2, 0) is 6.61 Å². The summed E-state index contributed by atoms with van der Waals surface area (Å²) in [6, 6.07) is 8.82. The normalized spacial score (nSPS) is 12.3. The number of thiophene rings is 1. The summed E-state index contributed by atoms with van der Waals surface area (Å²) in [5.74, 6) is 0.518. The lowest BCUT2D eigenvalue weighted by Crippen LogP contribution is -2.20. The molecule has 0 radical (unpaired) electrons. The first-order valence-electron chi connectivity index (χ1n) is 6.88. The van der Waals surface area contributed by atoms with Gasteiger partial charge in [-0.25, -0.2) is 4.39 Å². The third kappa shape index (κ3) is 4.05. The zero-order chi connectivity index (χ0) is 14.4. The molecule has 1 heterocycles. The van der Waals surface area contributed by atoms with E-state index in [1.165, 1.54) is 6.07 Å².